The average molecular weight is 456 g/mol. The van der Waals surface area contributed by atoms with Gasteiger partial charge in [0, 0.05) is 16.2 Å². The Balaban J connectivity index is 1.84. The molecule has 3 atom stereocenters. The minimum atomic E-state index is -4.61. The van der Waals surface area contributed by atoms with Crippen LogP contribution in [0.3, 0.4) is 0 Å². The van der Waals surface area contributed by atoms with Gasteiger partial charge < -0.3 is 29.9 Å². The Morgan fingerprint density at radius 2 is 2.26 bits per heavy atom. The number of nitrogen functional groups attached to an aromatic ring is 1. The van der Waals surface area contributed by atoms with Gasteiger partial charge in [0.05, 0.1) is 18.1 Å². The van der Waals surface area contributed by atoms with Gasteiger partial charge in [-0.15, -0.1) is 0 Å². The molecule has 1 fully saturated rings. The van der Waals surface area contributed by atoms with Crippen LogP contribution in [-0.4, -0.2) is 48.2 Å². The van der Waals surface area contributed by atoms with Gasteiger partial charge in [0.1, 0.15) is 30.1 Å². The van der Waals surface area contributed by atoms with Gasteiger partial charge >= 0.3 is 7.82 Å². The molecule has 0 amide bonds. The molecule has 0 spiro atoms. The first-order chi connectivity index (χ1) is 10.8. The van der Waals surface area contributed by atoms with Crippen LogP contribution in [-0.2, 0) is 13.8 Å². The Bertz CT molecular complexity index is 779. The third-order valence-corrected chi connectivity index (χ3v) is 4.82. The van der Waals surface area contributed by atoms with Crippen LogP contribution in [0.1, 0.15) is 12.6 Å². The topological polar surface area (TPSA) is 153 Å². The molecule has 3 rings (SSSR count). The lowest BCUT2D eigenvalue weighted by molar-refractivity contribution is -0.0422. The van der Waals surface area contributed by atoms with E-state index in [0.29, 0.717) is 16.9 Å². The fraction of sp³-hybridized carbons (Fsp3) is 0.455. The fourth-order valence-electron chi connectivity index (χ4n) is 2.49. The van der Waals surface area contributed by atoms with Gasteiger partial charge in [0.15, 0.2) is 0 Å². The molecule has 0 radical (unpaired) electrons. The number of nitrogens with two attached hydrogens (primary N) is 1. The summed E-state index contributed by atoms with van der Waals surface area (Å²) in [4.78, 5) is 25.6. The van der Waals surface area contributed by atoms with E-state index in [-0.39, 0.29) is 6.42 Å². The van der Waals surface area contributed by atoms with E-state index in [1.165, 1.54) is 6.33 Å². The van der Waals surface area contributed by atoms with Crippen molar-refractivity contribution in [1.82, 2.24) is 14.5 Å². The summed E-state index contributed by atoms with van der Waals surface area (Å²) in [5, 5.41) is 10.7. The third kappa shape index (κ3) is 3.50. The van der Waals surface area contributed by atoms with Crippen LogP contribution in [0.15, 0.2) is 12.5 Å². The first kappa shape index (κ1) is 17.0. The van der Waals surface area contributed by atoms with Gasteiger partial charge in [0.2, 0.25) is 0 Å². The van der Waals surface area contributed by atoms with Crippen molar-refractivity contribution in [3.8, 4) is 0 Å². The number of phosphoric acid groups is 1. The Kier molecular flexibility index (Phi) is 4.62. The average Bonchev–Trinajstić information content (AvgIpc) is 2.98. The summed E-state index contributed by atoms with van der Waals surface area (Å²) in [5.41, 5.74) is 6.42. The molecular weight excluding hydrogens is 442 g/mol. The Labute approximate surface area is 144 Å². The number of anilines is 1. The molecule has 3 heterocycles. The normalized spacial score (nSPS) is 25.3. The second-order valence-electron chi connectivity index (χ2n) is 5.06. The molecule has 10 nitrogen and oxygen atoms in total. The number of nitrogens with zero attached hydrogens (tertiary/aromatic N) is 3. The maximum atomic E-state index is 10.8. The number of halogens is 1. The van der Waals surface area contributed by atoms with Gasteiger partial charge in [-0.2, -0.15) is 0 Å². The summed E-state index contributed by atoms with van der Waals surface area (Å²) in [6.07, 6.45) is 1.04. The van der Waals surface area contributed by atoms with Crippen molar-refractivity contribution >= 4 is 47.3 Å². The highest BCUT2D eigenvalue weighted by Gasteiger charge is 2.37. The van der Waals surface area contributed by atoms with Crippen molar-refractivity contribution < 1.29 is 28.7 Å². The van der Waals surface area contributed by atoms with E-state index in [1.807, 2.05) is 0 Å². The van der Waals surface area contributed by atoms with Crippen LogP contribution >= 0.6 is 30.4 Å². The van der Waals surface area contributed by atoms with E-state index >= 15 is 0 Å². The van der Waals surface area contributed by atoms with E-state index in [4.69, 9.17) is 20.3 Å². The predicted molar refractivity (Wildman–Crippen MR) is 87.2 cm³/mol. The van der Waals surface area contributed by atoms with Gasteiger partial charge in [0.25, 0.3) is 0 Å². The Hall–Kier alpha value is -0.820. The van der Waals surface area contributed by atoms with Gasteiger partial charge in [-0.3, -0.25) is 4.52 Å². The monoisotopic (exact) mass is 456 g/mol. The summed E-state index contributed by atoms with van der Waals surface area (Å²) in [6.45, 7) is -0.407. The van der Waals surface area contributed by atoms with Crippen LogP contribution in [0.5, 0.6) is 0 Å². The summed E-state index contributed by atoms with van der Waals surface area (Å²) in [5.74, 6) is 0.345. The first-order valence-electron chi connectivity index (χ1n) is 6.56. The molecule has 1 aliphatic heterocycles. The number of rotatable bonds is 4. The molecule has 0 saturated carbocycles. The van der Waals surface area contributed by atoms with Crippen LogP contribution < -0.4 is 5.73 Å². The molecule has 0 aromatic carbocycles. The molecule has 2 aromatic rings. The third-order valence-electron chi connectivity index (χ3n) is 3.51. The highest BCUT2D eigenvalue weighted by Crippen LogP contribution is 2.39. The van der Waals surface area contributed by atoms with Gasteiger partial charge in [-0.25, -0.2) is 14.5 Å². The number of aliphatic hydroxyl groups excluding tert-OH is 1. The minimum absolute atomic E-state index is 0.235. The predicted octanol–water partition coefficient (Wildman–Crippen LogP) is 0.376. The van der Waals surface area contributed by atoms with Gasteiger partial charge in [-0.05, 0) is 22.6 Å². The number of phosphoric ester groups is 1. The van der Waals surface area contributed by atoms with Crippen molar-refractivity contribution in [3.63, 3.8) is 0 Å². The van der Waals surface area contributed by atoms with Crippen LogP contribution in [0.2, 0.25) is 0 Å². The molecule has 23 heavy (non-hydrogen) atoms. The summed E-state index contributed by atoms with van der Waals surface area (Å²) in [7, 11) is -4.61. The van der Waals surface area contributed by atoms with Crippen molar-refractivity contribution in [2.45, 2.75) is 24.9 Å². The highest BCUT2D eigenvalue weighted by molar-refractivity contribution is 14.1. The maximum Gasteiger partial charge on any atom is 0.469 e. The van der Waals surface area contributed by atoms with Crippen LogP contribution in [0, 0.1) is 3.57 Å². The second-order valence-corrected chi connectivity index (χ2v) is 7.46. The largest absolute Gasteiger partial charge is 0.469 e. The SMILES string of the molecule is Nc1ncnc2c1c(I)cn2[C@H]1C[C@H](O)[C@@H](COP(=O)(O)O)O1. The van der Waals surface area contributed by atoms with E-state index in [9.17, 15) is 9.67 Å². The lowest BCUT2D eigenvalue weighted by atomic mass is 10.2. The number of fused-ring (bicyclic) bond motifs is 1. The lowest BCUT2D eigenvalue weighted by Crippen LogP contribution is -2.25. The van der Waals surface area contributed by atoms with E-state index in [0.717, 1.165) is 3.57 Å². The number of ether oxygens (including phenoxy) is 1. The Morgan fingerprint density at radius 3 is 2.96 bits per heavy atom. The van der Waals surface area contributed by atoms with Crippen molar-refractivity contribution in [1.29, 1.82) is 0 Å². The highest BCUT2D eigenvalue weighted by atomic mass is 127. The minimum Gasteiger partial charge on any atom is -0.390 e. The number of hydrogen-bond acceptors (Lipinski definition) is 7. The molecule has 0 aliphatic carbocycles. The number of aromatic nitrogens is 3. The Morgan fingerprint density at radius 1 is 1.52 bits per heavy atom. The lowest BCUT2D eigenvalue weighted by Gasteiger charge is -2.16. The molecule has 5 N–H and O–H groups in total. The van der Waals surface area contributed by atoms with E-state index in [1.54, 1.807) is 10.8 Å². The maximum absolute atomic E-state index is 10.8. The second kappa shape index (κ2) is 6.24. The van der Waals surface area contributed by atoms with Crippen molar-refractivity contribution in [3.05, 3.63) is 16.1 Å². The summed E-state index contributed by atoms with van der Waals surface area (Å²) >= 11 is 2.10. The molecule has 0 bridgehead atoms. The molecular formula is C11H14IN4O6P. The van der Waals surface area contributed by atoms with Crippen molar-refractivity contribution in [2.75, 3.05) is 12.3 Å². The summed E-state index contributed by atoms with van der Waals surface area (Å²) in [6, 6.07) is 0. The number of aliphatic hydroxyl groups is 1. The zero-order valence-corrected chi connectivity index (χ0v) is 14.7. The van der Waals surface area contributed by atoms with E-state index < -0.39 is 32.9 Å². The van der Waals surface area contributed by atoms with Crippen LogP contribution in [0.4, 0.5) is 5.82 Å². The molecule has 1 saturated heterocycles. The smallest absolute Gasteiger partial charge is 0.390 e. The van der Waals surface area contributed by atoms with Gasteiger partial charge in [-0.1, -0.05) is 0 Å². The first-order valence-corrected chi connectivity index (χ1v) is 9.17. The fourth-order valence-corrected chi connectivity index (χ4v) is 3.65. The molecule has 2 aromatic heterocycles. The molecule has 0 unspecified atom stereocenters. The zero-order valence-electron chi connectivity index (χ0n) is 11.6. The number of hydrogen-bond donors (Lipinski definition) is 4. The quantitative estimate of drug-likeness (QED) is 0.378. The molecule has 1 aliphatic rings. The van der Waals surface area contributed by atoms with E-state index in [2.05, 4.69) is 37.1 Å². The molecule has 126 valence electrons. The standard InChI is InChI=1S/C11H14IN4O6P/c12-5-2-16(11-9(5)10(13)14-4-15-11)8-1-6(17)7(22-8)3-21-23(18,19)20/h2,4,6-8,17H,1,3H2,(H2,13,14,15)(H2,18,19,20)/t6-,7+,8+/m0/s1. The summed E-state index contributed by atoms with van der Waals surface area (Å²) < 4.78 is 23.4. The van der Waals surface area contributed by atoms with Crippen molar-refractivity contribution in [2.24, 2.45) is 0 Å². The zero-order chi connectivity index (χ0) is 16.8. The molecule has 12 heteroatoms. The van der Waals surface area contributed by atoms with Crippen LogP contribution in [0.25, 0.3) is 11.0 Å².